The summed E-state index contributed by atoms with van der Waals surface area (Å²) >= 11 is 0. The highest BCUT2D eigenvalue weighted by molar-refractivity contribution is 5.42. The van der Waals surface area contributed by atoms with Crippen LogP contribution in [0.4, 0.5) is 0 Å². The molecular formula is C14H20N4O. The van der Waals surface area contributed by atoms with Gasteiger partial charge in [-0.05, 0) is 13.0 Å². The fourth-order valence-electron chi connectivity index (χ4n) is 2.51. The van der Waals surface area contributed by atoms with E-state index in [2.05, 4.69) is 36.2 Å². The van der Waals surface area contributed by atoms with Gasteiger partial charge in [-0.25, -0.2) is 9.50 Å². The van der Waals surface area contributed by atoms with E-state index < -0.39 is 0 Å². The van der Waals surface area contributed by atoms with E-state index in [0.717, 1.165) is 36.5 Å². The first-order valence-electron chi connectivity index (χ1n) is 6.79. The number of aromatic amines is 1. The van der Waals surface area contributed by atoms with Crippen LogP contribution in [0.5, 0.6) is 0 Å². The summed E-state index contributed by atoms with van der Waals surface area (Å²) in [4.78, 5) is 16.8. The molecule has 2 aromatic rings. The van der Waals surface area contributed by atoms with Crippen molar-refractivity contribution in [2.75, 3.05) is 13.1 Å². The number of fused-ring (bicyclic) bond motifs is 1. The smallest absolute Gasteiger partial charge is 0.272 e. The van der Waals surface area contributed by atoms with Crippen LogP contribution in [-0.2, 0) is 5.41 Å². The highest BCUT2D eigenvalue weighted by Gasteiger charge is 2.21. The molecule has 102 valence electrons. The maximum absolute atomic E-state index is 12.2. The Kier molecular flexibility index (Phi) is 2.74. The molecule has 0 bridgehead atoms. The molecule has 5 nitrogen and oxygen atoms in total. The van der Waals surface area contributed by atoms with Crippen molar-refractivity contribution in [1.82, 2.24) is 19.9 Å². The van der Waals surface area contributed by atoms with E-state index in [-0.39, 0.29) is 11.0 Å². The van der Waals surface area contributed by atoms with Gasteiger partial charge in [0.1, 0.15) is 0 Å². The topological polar surface area (TPSA) is 62.2 Å². The van der Waals surface area contributed by atoms with Gasteiger partial charge in [0.15, 0.2) is 5.65 Å². The Morgan fingerprint density at radius 1 is 1.37 bits per heavy atom. The van der Waals surface area contributed by atoms with Gasteiger partial charge in [0.05, 0.1) is 5.69 Å². The Labute approximate surface area is 112 Å². The standard InChI is InChI=1S/C14H20N4O/c1-14(2,3)11-7-12-16-10(9-4-5-15-8-9)6-13(19)18(12)17-11/h6-7,9,15,17H,4-5,8H2,1-3H3. The van der Waals surface area contributed by atoms with Crippen LogP contribution < -0.4 is 10.9 Å². The molecule has 1 aliphatic heterocycles. The number of hydrogen-bond donors (Lipinski definition) is 2. The van der Waals surface area contributed by atoms with E-state index in [0.29, 0.717) is 5.92 Å². The Bertz CT molecular complexity index is 656. The van der Waals surface area contributed by atoms with Crippen molar-refractivity contribution in [3.8, 4) is 0 Å². The lowest BCUT2D eigenvalue weighted by Crippen LogP contribution is -2.19. The summed E-state index contributed by atoms with van der Waals surface area (Å²) in [5.74, 6) is 0.366. The summed E-state index contributed by atoms with van der Waals surface area (Å²) in [6, 6.07) is 3.64. The Hall–Kier alpha value is -1.62. The Morgan fingerprint density at radius 3 is 2.79 bits per heavy atom. The minimum atomic E-state index is -0.0256. The molecule has 2 aromatic heterocycles. The second-order valence-corrected chi connectivity index (χ2v) is 6.32. The molecule has 0 radical (unpaired) electrons. The summed E-state index contributed by atoms with van der Waals surface area (Å²) in [5.41, 5.74) is 2.62. The van der Waals surface area contributed by atoms with Gasteiger partial charge in [0, 0.05) is 35.7 Å². The lowest BCUT2D eigenvalue weighted by Gasteiger charge is -2.14. The van der Waals surface area contributed by atoms with E-state index in [1.165, 1.54) is 4.52 Å². The van der Waals surface area contributed by atoms with Gasteiger partial charge in [-0.2, -0.15) is 0 Å². The van der Waals surface area contributed by atoms with E-state index >= 15 is 0 Å². The van der Waals surface area contributed by atoms with Crippen LogP contribution in [-0.4, -0.2) is 27.7 Å². The van der Waals surface area contributed by atoms with Crippen LogP contribution in [0.2, 0.25) is 0 Å². The minimum absolute atomic E-state index is 0.0186. The first-order valence-corrected chi connectivity index (χ1v) is 6.79. The van der Waals surface area contributed by atoms with Crippen molar-refractivity contribution in [3.05, 3.63) is 33.9 Å². The summed E-state index contributed by atoms with van der Waals surface area (Å²) in [5, 5.41) is 6.46. The molecule has 3 rings (SSSR count). The number of rotatable bonds is 1. The van der Waals surface area contributed by atoms with Crippen molar-refractivity contribution in [1.29, 1.82) is 0 Å². The van der Waals surface area contributed by atoms with Crippen molar-refractivity contribution in [3.63, 3.8) is 0 Å². The van der Waals surface area contributed by atoms with Gasteiger partial charge in [-0.1, -0.05) is 20.8 Å². The van der Waals surface area contributed by atoms with Gasteiger partial charge in [-0.3, -0.25) is 9.89 Å². The monoisotopic (exact) mass is 260 g/mol. The molecule has 3 heterocycles. The van der Waals surface area contributed by atoms with Crippen LogP contribution in [0.1, 0.15) is 44.5 Å². The largest absolute Gasteiger partial charge is 0.316 e. The number of H-pyrrole nitrogens is 1. The first-order chi connectivity index (χ1) is 8.95. The molecule has 0 spiro atoms. The van der Waals surface area contributed by atoms with Crippen LogP contribution in [0.15, 0.2) is 16.9 Å². The maximum atomic E-state index is 12.2. The van der Waals surface area contributed by atoms with E-state index in [9.17, 15) is 4.79 Å². The summed E-state index contributed by atoms with van der Waals surface area (Å²) in [6.07, 6.45) is 1.05. The molecule has 5 heteroatoms. The average Bonchev–Trinajstić information content (AvgIpc) is 2.96. The van der Waals surface area contributed by atoms with Gasteiger partial charge in [0.25, 0.3) is 5.56 Å². The molecular weight excluding hydrogens is 240 g/mol. The molecule has 1 unspecified atom stereocenters. The first kappa shape index (κ1) is 12.4. The third-order valence-electron chi connectivity index (χ3n) is 3.76. The summed E-state index contributed by atoms with van der Waals surface area (Å²) < 4.78 is 1.53. The van der Waals surface area contributed by atoms with E-state index in [1.807, 2.05) is 6.07 Å². The van der Waals surface area contributed by atoms with Crippen molar-refractivity contribution in [2.45, 2.75) is 38.5 Å². The maximum Gasteiger partial charge on any atom is 0.272 e. The molecule has 1 aliphatic rings. The second kappa shape index (κ2) is 4.20. The fraction of sp³-hybridized carbons (Fsp3) is 0.571. The van der Waals surface area contributed by atoms with Gasteiger partial charge >= 0.3 is 0 Å². The fourth-order valence-corrected chi connectivity index (χ4v) is 2.51. The van der Waals surface area contributed by atoms with Crippen molar-refractivity contribution in [2.24, 2.45) is 0 Å². The molecule has 1 atom stereocenters. The van der Waals surface area contributed by atoms with Crippen molar-refractivity contribution < 1.29 is 0 Å². The Balaban J connectivity index is 2.12. The zero-order chi connectivity index (χ0) is 13.6. The number of aromatic nitrogens is 3. The molecule has 1 saturated heterocycles. The molecule has 19 heavy (non-hydrogen) atoms. The minimum Gasteiger partial charge on any atom is -0.316 e. The molecule has 1 fully saturated rings. The summed E-state index contributed by atoms with van der Waals surface area (Å²) in [6.45, 7) is 8.27. The highest BCUT2D eigenvalue weighted by atomic mass is 16.1. The van der Waals surface area contributed by atoms with E-state index in [1.54, 1.807) is 6.07 Å². The summed E-state index contributed by atoms with van der Waals surface area (Å²) in [7, 11) is 0. The van der Waals surface area contributed by atoms with Crippen LogP contribution in [0, 0.1) is 0 Å². The van der Waals surface area contributed by atoms with Gasteiger partial charge in [0.2, 0.25) is 0 Å². The quantitative estimate of drug-likeness (QED) is 0.814. The number of nitrogens with one attached hydrogen (secondary N) is 2. The Morgan fingerprint density at radius 2 is 2.16 bits per heavy atom. The van der Waals surface area contributed by atoms with Gasteiger partial charge < -0.3 is 5.32 Å². The number of hydrogen-bond acceptors (Lipinski definition) is 3. The van der Waals surface area contributed by atoms with Crippen molar-refractivity contribution >= 4 is 5.65 Å². The van der Waals surface area contributed by atoms with Crippen LogP contribution in [0.25, 0.3) is 5.65 Å². The number of nitrogens with zero attached hydrogens (tertiary/aromatic N) is 2. The molecule has 2 N–H and O–H groups in total. The zero-order valence-electron chi connectivity index (χ0n) is 11.7. The highest BCUT2D eigenvalue weighted by Crippen LogP contribution is 2.23. The lowest BCUT2D eigenvalue weighted by molar-refractivity contribution is 0.561. The third kappa shape index (κ3) is 2.18. The third-order valence-corrected chi connectivity index (χ3v) is 3.76. The molecule has 0 saturated carbocycles. The SMILES string of the molecule is CC(C)(C)c1cc2nc(C3CCNC3)cc(=O)n2[nH]1. The molecule has 0 aliphatic carbocycles. The molecule has 0 amide bonds. The molecule has 0 aromatic carbocycles. The van der Waals surface area contributed by atoms with Crippen LogP contribution in [0.3, 0.4) is 0 Å². The predicted octanol–water partition coefficient (Wildman–Crippen LogP) is 1.40. The van der Waals surface area contributed by atoms with Gasteiger partial charge in [-0.15, -0.1) is 0 Å². The predicted molar refractivity (Wildman–Crippen MR) is 74.7 cm³/mol. The lowest BCUT2D eigenvalue weighted by atomic mass is 9.93. The second-order valence-electron chi connectivity index (χ2n) is 6.32. The normalized spacial score (nSPS) is 20.3. The average molecular weight is 260 g/mol. The zero-order valence-corrected chi connectivity index (χ0v) is 11.7. The van der Waals surface area contributed by atoms with Crippen LogP contribution >= 0.6 is 0 Å². The van der Waals surface area contributed by atoms with E-state index in [4.69, 9.17) is 0 Å².